The molecule has 1 aliphatic rings. The number of anilines is 2. The molecule has 2 rings (SSSR count). The first-order chi connectivity index (χ1) is 9.36. The average molecular weight is 286 g/mol. The fourth-order valence-electron chi connectivity index (χ4n) is 2.59. The van der Waals surface area contributed by atoms with Crippen molar-refractivity contribution in [1.29, 1.82) is 0 Å². The van der Waals surface area contributed by atoms with Crippen LogP contribution in [0.2, 0.25) is 0 Å². The Hall–Kier alpha value is -1.72. The van der Waals surface area contributed by atoms with E-state index in [1.165, 1.54) is 0 Å². The van der Waals surface area contributed by atoms with Gasteiger partial charge in [-0.05, 0) is 37.5 Å². The van der Waals surface area contributed by atoms with E-state index in [1.54, 1.807) is 24.3 Å². The predicted octanol–water partition coefficient (Wildman–Crippen LogP) is 3.58. The number of hydrogen-bond acceptors (Lipinski definition) is 2. The fraction of sp³-hybridized carbons (Fsp3) is 0.500. The number of carbonyl (C=O) groups is 1. The van der Waals surface area contributed by atoms with Crippen molar-refractivity contribution in [2.24, 2.45) is 11.8 Å². The van der Waals surface area contributed by atoms with Crippen LogP contribution in [0.5, 0.6) is 0 Å². The van der Waals surface area contributed by atoms with Gasteiger partial charge in [0.25, 0.3) is 0 Å². The van der Waals surface area contributed by atoms with Gasteiger partial charge in [-0.15, -0.1) is 0 Å². The molecule has 3 nitrogen and oxygen atoms in total. The Balaban J connectivity index is 1.99. The molecule has 1 amide bonds. The third kappa shape index (κ3) is 3.65. The zero-order valence-corrected chi connectivity index (χ0v) is 10.9. The monoisotopic (exact) mass is 286 g/mol. The van der Waals surface area contributed by atoms with Gasteiger partial charge < -0.3 is 11.1 Å². The van der Waals surface area contributed by atoms with E-state index in [2.05, 4.69) is 5.32 Å². The second-order valence-electron chi connectivity index (χ2n) is 5.22. The third-order valence-corrected chi connectivity index (χ3v) is 3.66. The maximum Gasteiger partial charge on any atom is 0.391 e. The van der Waals surface area contributed by atoms with Crippen LogP contribution >= 0.6 is 0 Å². The number of benzene rings is 1. The first kappa shape index (κ1) is 14.7. The van der Waals surface area contributed by atoms with Gasteiger partial charge in [-0.3, -0.25) is 4.79 Å². The van der Waals surface area contributed by atoms with Gasteiger partial charge in [-0.1, -0.05) is 12.5 Å². The van der Waals surface area contributed by atoms with Gasteiger partial charge in [0, 0.05) is 17.3 Å². The zero-order chi connectivity index (χ0) is 14.8. The standard InChI is InChI=1S/C14H17F3N2O/c15-14(16,17)10-4-1-3-9(7-10)13(20)19-12-6-2-5-11(18)8-12/h2,5-6,8-10H,1,3-4,7,18H2,(H,19,20). The Labute approximate surface area is 115 Å². The SMILES string of the molecule is Nc1cccc(NC(=O)C2CCCC(C(F)(F)F)C2)c1. The summed E-state index contributed by atoms with van der Waals surface area (Å²) in [6, 6.07) is 6.61. The number of nitrogens with two attached hydrogens (primary N) is 1. The van der Waals surface area contributed by atoms with Gasteiger partial charge in [0.1, 0.15) is 0 Å². The first-order valence-electron chi connectivity index (χ1n) is 6.59. The van der Waals surface area contributed by atoms with Gasteiger partial charge >= 0.3 is 6.18 Å². The molecule has 110 valence electrons. The second-order valence-corrected chi connectivity index (χ2v) is 5.22. The molecule has 1 aromatic carbocycles. The summed E-state index contributed by atoms with van der Waals surface area (Å²) in [6.07, 6.45) is -3.29. The summed E-state index contributed by atoms with van der Waals surface area (Å²) in [4.78, 5) is 12.0. The lowest BCUT2D eigenvalue weighted by Gasteiger charge is -2.29. The Kier molecular flexibility index (Phi) is 4.20. The van der Waals surface area contributed by atoms with Crippen molar-refractivity contribution in [1.82, 2.24) is 0 Å². The molecule has 3 N–H and O–H groups in total. The maximum atomic E-state index is 12.7. The maximum absolute atomic E-state index is 12.7. The molecule has 1 fully saturated rings. The van der Waals surface area contributed by atoms with Crippen LogP contribution in [0.4, 0.5) is 24.5 Å². The average Bonchev–Trinajstić information content (AvgIpc) is 2.38. The Morgan fingerprint density at radius 1 is 1.30 bits per heavy atom. The van der Waals surface area contributed by atoms with E-state index in [9.17, 15) is 18.0 Å². The van der Waals surface area contributed by atoms with Crippen molar-refractivity contribution in [3.63, 3.8) is 0 Å². The van der Waals surface area contributed by atoms with Crippen molar-refractivity contribution >= 4 is 17.3 Å². The quantitative estimate of drug-likeness (QED) is 0.816. The smallest absolute Gasteiger partial charge is 0.391 e. The Bertz CT molecular complexity index is 488. The lowest BCUT2D eigenvalue weighted by atomic mass is 9.80. The summed E-state index contributed by atoms with van der Waals surface area (Å²) in [5.74, 6) is -2.31. The van der Waals surface area contributed by atoms with Crippen molar-refractivity contribution in [3.8, 4) is 0 Å². The summed E-state index contributed by atoms with van der Waals surface area (Å²) >= 11 is 0. The van der Waals surface area contributed by atoms with Crippen molar-refractivity contribution in [3.05, 3.63) is 24.3 Å². The number of hydrogen-bond donors (Lipinski definition) is 2. The molecule has 1 aliphatic carbocycles. The van der Waals surface area contributed by atoms with Crippen LogP contribution in [0.1, 0.15) is 25.7 Å². The van der Waals surface area contributed by atoms with Gasteiger partial charge in [0.2, 0.25) is 5.91 Å². The van der Waals surface area contributed by atoms with Gasteiger partial charge in [0.15, 0.2) is 0 Å². The van der Waals surface area contributed by atoms with E-state index in [0.717, 1.165) is 0 Å². The summed E-state index contributed by atoms with van der Waals surface area (Å²) in [5, 5.41) is 2.64. The number of amides is 1. The van der Waals surface area contributed by atoms with E-state index in [0.29, 0.717) is 24.2 Å². The largest absolute Gasteiger partial charge is 0.399 e. The van der Waals surface area contributed by atoms with E-state index in [-0.39, 0.29) is 18.7 Å². The van der Waals surface area contributed by atoms with Crippen LogP contribution in [-0.4, -0.2) is 12.1 Å². The molecular formula is C14H17F3N2O. The molecule has 0 aliphatic heterocycles. The van der Waals surface area contributed by atoms with Crippen LogP contribution in [-0.2, 0) is 4.79 Å². The molecule has 1 saturated carbocycles. The number of nitrogen functional groups attached to an aromatic ring is 1. The highest BCUT2D eigenvalue weighted by atomic mass is 19.4. The van der Waals surface area contributed by atoms with E-state index in [4.69, 9.17) is 5.73 Å². The predicted molar refractivity (Wildman–Crippen MR) is 71.0 cm³/mol. The van der Waals surface area contributed by atoms with Gasteiger partial charge in [-0.2, -0.15) is 13.2 Å². The number of alkyl halides is 3. The number of carbonyl (C=O) groups excluding carboxylic acids is 1. The second kappa shape index (κ2) is 5.73. The van der Waals surface area contributed by atoms with Crippen LogP contribution in [0.25, 0.3) is 0 Å². The van der Waals surface area contributed by atoms with Gasteiger partial charge in [0.05, 0.1) is 5.92 Å². The highest BCUT2D eigenvalue weighted by Gasteiger charge is 2.43. The summed E-state index contributed by atoms with van der Waals surface area (Å²) < 4.78 is 38.1. The molecule has 2 atom stereocenters. The van der Waals surface area contributed by atoms with Crippen LogP contribution in [0.15, 0.2) is 24.3 Å². The lowest BCUT2D eigenvalue weighted by Crippen LogP contribution is -2.34. The van der Waals surface area contributed by atoms with Crippen LogP contribution in [0.3, 0.4) is 0 Å². The van der Waals surface area contributed by atoms with Crippen molar-refractivity contribution in [2.75, 3.05) is 11.1 Å². The minimum atomic E-state index is -4.21. The van der Waals surface area contributed by atoms with Crippen LogP contribution in [0, 0.1) is 11.8 Å². The summed E-state index contributed by atoms with van der Waals surface area (Å²) in [7, 11) is 0. The van der Waals surface area contributed by atoms with E-state index < -0.39 is 18.0 Å². The Morgan fingerprint density at radius 3 is 2.70 bits per heavy atom. The van der Waals surface area contributed by atoms with E-state index >= 15 is 0 Å². The summed E-state index contributed by atoms with van der Waals surface area (Å²) in [6.45, 7) is 0. The van der Waals surface area contributed by atoms with E-state index in [1.807, 2.05) is 0 Å². The molecule has 0 bridgehead atoms. The molecule has 6 heteroatoms. The number of nitrogens with one attached hydrogen (secondary N) is 1. The molecular weight excluding hydrogens is 269 g/mol. The summed E-state index contributed by atoms with van der Waals surface area (Å²) in [5.41, 5.74) is 6.61. The van der Waals surface area contributed by atoms with Crippen molar-refractivity contribution < 1.29 is 18.0 Å². The minimum absolute atomic E-state index is 0.117. The molecule has 0 spiro atoms. The lowest BCUT2D eigenvalue weighted by molar-refractivity contribution is -0.185. The molecule has 0 heterocycles. The molecule has 2 unspecified atom stereocenters. The molecule has 0 aromatic heterocycles. The number of halogens is 3. The normalized spacial score (nSPS) is 23.4. The minimum Gasteiger partial charge on any atom is -0.399 e. The Morgan fingerprint density at radius 2 is 2.05 bits per heavy atom. The van der Waals surface area contributed by atoms with Crippen molar-refractivity contribution in [2.45, 2.75) is 31.9 Å². The van der Waals surface area contributed by atoms with Crippen LogP contribution < -0.4 is 11.1 Å². The highest BCUT2D eigenvalue weighted by molar-refractivity contribution is 5.93. The molecule has 0 saturated heterocycles. The topological polar surface area (TPSA) is 55.1 Å². The van der Waals surface area contributed by atoms with Gasteiger partial charge in [-0.25, -0.2) is 0 Å². The number of rotatable bonds is 2. The fourth-order valence-corrected chi connectivity index (χ4v) is 2.59. The zero-order valence-electron chi connectivity index (χ0n) is 10.9. The third-order valence-electron chi connectivity index (χ3n) is 3.66. The molecule has 20 heavy (non-hydrogen) atoms. The first-order valence-corrected chi connectivity index (χ1v) is 6.59. The molecule has 0 radical (unpaired) electrons. The molecule has 1 aromatic rings. The highest BCUT2D eigenvalue weighted by Crippen LogP contribution is 2.40.